The first-order valence-corrected chi connectivity index (χ1v) is 7.87. The number of hydrogen-bond acceptors (Lipinski definition) is 3. The lowest BCUT2D eigenvalue weighted by atomic mass is 9.92. The van der Waals surface area contributed by atoms with Crippen LogP contribution in [0.1, 0.15) is 36.7 Å². The molecule has 0 radical (unpaired) electrons. The summed E-state index contributed by atoms with van der Waals surface area (Å²) in [6, 6.07) is 16.0. The fourth-order valence-electron chi connectivity index (χ4n) is 2.23. The topological polar surface area (TPSA) is 84.2 Å². The zero-order chi connectivity index (χ0) is 17.7. The van der Waals surface area contributed by atoms with Crippen LogP contribution in [0.5, 0.6) is 0 Å². The summed E-state index contributed by atoms with van der Waals surface area (Å²) in [5, 5.41) is 5.61. The van der Waals surface area contributed by atoms with Gasteiger partial charge in [-0.15, -0.1) is 0 Å². The smallest absolute Gasteiger partial charge is 0.251 e. The van der Waals surface area contributed by atoms with Crippen LogP contribution in [-0.2, 0) is 10.3 Å². The van der Waals surface area contributed by atoms with Gasteiger partial charge in [-0.2, -0.15) is 0 Å². The highest BCUT2D eigenvalue weighted by molar-refractivity contribution is 5.99. The summed E-state index contributed by atoms with van der Waals surface area (Å²) in [5.41, 5.74) is 6.91. The summed E-state index contributed by atoms with van der Waals surface area (Å²) in [6.07, 6.45) is 0. The van der Waals surface area contributed by atoms with Crippen LogP contribution in [0.15, 0.2) is 54.6 Å². The van der Waals surface area contributed by atoms with Gasteiger partial charge in [0.2, 0.25) is 5.91 Å². The zero-order valence-electron chi connectivity index (χ0n) is 14.2. The molecular weight excluding hydrogens is 302 g/mol. The van der Waals surface area contributed by atoms with Gasteiger partial charge in [0.1, 0.15) is 5.54 Å². The fraction of sp³-hybridized carbons (Fsp3) is 0.263. The Balaban J connectivity index is 2.08. The van der Waals surface area contributed by atoms with Crippen LogP contribution in [0.3, 0.4) is 0 Å². The number of nitrogens with one attached hydrogen (secondary N) is 2. The molecule has 0 aliphatic heterocycles. The van der Waals surface area contributed by atoms with Gasteiger partial charge in [-0.1, -0.05) is 30.3 Å². The highest BCUT2D eigenvalue weighted by atomic mass is 16.2. The minimum Gasteiger partial charge on any atom is -0.350 e. The van der Waals surface area contributed by atoms with E-state index in [1.165, 1.54) is 0 Å². The van der Waals surface area contributed by atoms with Crippen molar-refractivity contribution in [2.24, 2.45) is 5.73 Å². The second-order valence-electron chi connectivity index (χ2n) is 6.23. The van der Waals surface area contributed by atoms with Gasteiger partial charge in [-0.3, -0.25) is 9.59 Å². The molecule has 126 valence electrons. The predicted octanol–water partition coefficient (Wildman–Crippen LogP) is 2.64. The average Bonchev–Trinajstić information content (AvgIpc) is 2.55. The number of carbonyl (C=O) groups excluding carboxylic acids is 2. The Morgan fingerprint density at radius 3 is 2.12 bits per heavy atom. The van der Waals surface area contributed by atoms with Gasteiger partial charge in [0, 0.05) is 17.3 Å². The molecule has 0 spiro atoms. The van der Waals surface area contributed by atoms with E-state index < -0.39 is 5.54 Å². The Kier molecular flexibility index (Phi) is 5.36. The highest BCUT2D eigenvalue weighted by Crippen LogP contribution is 2.20. The van der Waals surface area contributed by atoms with Crippen LogP contribution in [0.4, 0.5) is 5.69 Å². The molecule has 1 atom stereocenters. The molecule has 24 heavy (non-hydrogen) atoms. The number of rotatable bonds is 5. The lowest BCUT2D eigenvalue weighted by Gasteiger charge is -2.24. The van der Waals surface area contributed by atoms with Crippen LogP contribution in [0.25, 0.3) is 0 Å². The number of benzene rings is 2. The zero-order valence-corrected chi connectivity index (χ0v) is 14.2. The molecule has 2 aromatic carbocycles. The van der Waals surface area contributed by atoms with Crippen molar-refractivity contribution in [3.8, 4) is 0 Å². The van der Waals surface area contributed by atoms with Crippen molar-refractivity contribution in [2.45, 2.75) is 32.4 Å². The van der Waals surface area contributed by atoms with Crippen molar-refractivity contribution < 1.29 is 9.59 Å². The first-order valence-electron chi connectivity index (χ1n) is 7.87. The van der Waals surface area contributed by atoms with Crippen LogP contribution in [0.2, 0.25) is 0 Å². The van der Waals surface area contributed by atoms with Crippen LogP contribution >= 0.6 is 0 Å². The van der Waals surface area contributed by atoms with Gasteiger partial charge in [-0.25, -0.2) is 0 Å². The maximum Gasteiger partial charge on any atom is 0.251 e. The first-order chi connectivity index (χ1) is 11.3. The Morgan fingerprint density at radius 2 is 1.58 bits per heavy atom. The summed E-state index contributed by atoms with van der Waals surface area (Å²) in [4.78, 5) is 24.4. The van der Waals surface area contributed by atoms with E-state index in [1.807, 2.05) is 44.2 Å². The van der Waals surface area contributed by atoms with Crippen LogP contribution in [-0.4, -0.2) is 17.9 Å². The van der Waals surface area contributed by atoms with Gasteiger partial charge in [0.15, 0.2) is 0 Å². The molecule has 5 nitrogen and oxygen atoms in total. The van der Waals surface area contributed by atoms with E-state index in [2.05, 4.69) is 10.6 Å². The molecule has 5 heteroatoms. The summed E-state index contributed by atoms with van der Waals surface area (Å²) in [6.45, 7) is 5.47. The van der Waals surface area contributed by atoms with E-state index in [9.17, 15) is 9.59 Å². The van der Waals surface area contributed by atoms with Crippen molar-refractivity contribution in [3.63, 3.8) is 0 Å². The molecule has 0 aliphatic rings. The normalized spacial score (nSPS) is 13.2. The molecule has 0 saturated carbocycles. The lowest BCUT2D eigenvalue weighted by molar-refractivity contribution is -0.120. The molecule has 0 aromatic heterocycles. The molecule has 2 rings (SSSR count). The molecule has 2 amide bonds. The second kappa shape index (κ2) is 7.27. The second-order valence-corrected chi connectivity index (χ2v) is 6.23. The number of hydrogen-bond donors (Lipinski definition) is 3. The molecule has 0 saturated heterocycles. The van der Waals surface area contributed by atoms with Crippen LogP contribution in [0, 0.1) is 0 Å². The Labute approximate surface area is 142 Å². The van der Waals surface area contributed by atoms with Crippen molar-refractivity contribution in [1.82, 2.24) is 5.32 Å². The average molecular weight is 325 g/mol. The quantitative estimate of drug-likeness (QED) is 0.790. The summed E-state index contributed by atoms with van der Waals surface area (Å²) in [5.74, 6) is -0.455. The third-order valence-electron chi connectivity index (χ3n) is 3.67. The molecule has 1 unspecified atom stereocenters. The maximum absolute atomic E-state index is 12.5. The van der Waals surface area contributed by atoms with E-state index in [1.54, 1.807) is 31.2 Å². The van der Waals surface area contributed by atoms with E-state index in [-0.39, 0.29) is 17.9 Å². The Bertz CT molecular complexity index is 707. The molecule has 0 bridgehead atoms. The van der Waals surface area contributed by atoms with Gasteiger partial charge in [0.05, 0.1) is 0 Å². The van der Waals surface area contributed by atoms with Gasteiger partial charge >= 0.3 is 0 Å². The fourth-order valence-corrected chi connectivity index (χ4v) is 2.23. The Hall–Kier alpha value is -2.66. The molecule has 0 aliphatic carbocycles. The van der Waals surface area contributed by atoms with E-state index in [0.717, 1.165) is 5.56 Å². The third-order valence-corrected chi connectivity index (χ3v) is 3.67. The predicted molar refractivity (Wildman–Crippen MR) is 95.7 cm³/mol. The SMILES string of the molecule is CC(C)NC(=O)c1ccc(NC(=O)C(C)(N)c2ccccc2)cc1. The minimum absolute atomic E-state index is 0.0701. The van der Waals surface area contributed by atoms with Gasteiger partial charge < -0.3 is 16.4 Å². The third kappa shape index (κ3) is 4.20. The minimum atomic E-state index is -1.14. The molecule has 0 heterocycles. The number of nitrogens with two attached hydrogens (primary N) is 1. The summed E-state index contributed by atoms with van der Waals surface area (Å²) in [7, 11) is 0. The molecule has 2 aromatic rings. The molecule has 4 N–H and O–H groups in total. The van der Waals surface area contributed by atoms with Gasteiger partial charge in [-0.05, 0) is 50.6 Å². The maximum atomic E-state index is 12.5. The highest BCUT2D eigenvalue weighted by Gasteiger charge is 2.30. The Morgan fingerprint density at radius 1 is 1.00 bits per heavy atom. The van der Waals surface area contributed by atoms with Crippen molar-refractivity contribution in [3.05, 3.63) is 65.7 Å². The monoisotopic (exact) mass is 325 g/mol. The van der Waals surface area contributed by atoms with E-state index in [4.69, 9.17) is 5.73 Å². The van der Waals surface area contributed by atoms with Crippen molar-refractivity contribution >= 4 is 17.5 Å². The number of amides is 2. The summed E-state index contributed by atoms with van der Waals surface area (Å²) < 4.78 is 0. The standard InChI is InChI=1S/C19H23N3O2/c1-13(2)21-17(23)14-9-11-16(12-10-14)22-18(24)19(3,20)15-7-5-4-6-8-15/h4-13H,20H2,1-3H3,(H,21,23)(H,22,24). The number of carbonyl (C=O) groups is 2. The van der Waals surface area contributed by atoms with Gasteiger partial charge in [0.25, 0.3) is 5.91 Å². The lowest BCUT2D eigenvalue weighted by Crippen LogP contribution is -2.45. The molecular formula is C19H23N3O2. The van der Waals surface area contributed by atoms with Crippen LogP contribution < -0.4 is 16.4 Å². The summed E-state index contributed by atoms with van der Waals surface area (Å²) >= 11 is 0. The molecule has 0 fully saturated rings. The van der Waals surface area contributed by atoms with Crippen molar-refractivity contribution in [2.75, 3.05) is 5.32 Å². The largest absolute Gasteiger partial charge is 0.350 e. The van der Waals surface area contributed by atoms with Crippen molar-refractivity contribution in [1.29, 1.82) is 0 Å². The number of anilines is 1. The first kappa shape index (κ1) is 17.7. The van der Waals surface area contributed by atoms with E-state index >= 15 is 0 Å². The van der Waals surface area contributed by atoms with E-state index in [0.29, 0.717) is 11.3 Å².